The maximum absolute atomic E-state index is 12.5. The first-order valence-corrected chi connectivity index (χ1v) is 10.3. The summed E-state index contributed by atoms with van der Waals surface area (Å²) in [7, 11) is 1.23. The van der Waals surface area contributed by atoms with Crippen molar-refractivity contribution in [3.63, 3.8) is 0 Å². The van der Waals surface area contributed by atoms with Gasteiger partial charge in [0.25, 0.3) is 0 Å². The third-order valence-electron chi connectivity index (χ3n) is 3.54. The fourth-order valence-corrected chi connectivity index (χ4v) is 2.79. The molecule has 10 nitrogen and oxygen atoms in total. The van der Waals surface area contributed by atoms with E-state index < -0.39 is 42.2 Å². The minimum absolute atomic E-state index is 0.150. The molecule has 0 fully saturated rings. The molecule has 32 heavy (non-hydrogen) atoms. The summed E-state index contributed by atoms with van der Waals surface area (Å²) >= 11 is 3.24. The lowest BCUT2D eigenvalue weighted by Gasteiger charge is -2.22. The van der Waals surface area contributed by atoms with E-state index in [1.54, 1.807) is 20.8 Å². The average molecular weight is 515 g/mol. The van der Waals surface area contributed by atoms with Crippen LogP contribution in [0.5, 0.6) is 0 Å². The molecule has 2 amide bonds. The van der Waals surface area contributed by atoms with Gasteiger partial charge in [0.1, 0.15) is 5.60 Å². The molecule has 2 N–H and O–H groups in total. The van der Waals surface area contributed by atoms with Crippen LogP contribution in [0.15, 0.2) is 35.3 Å². The molecule has 0 heterocycles. The van der Waals surface area contributed by atoms with E-state index in [1.165, 1.54) is 31.4 Å². The van der Waals surface area contributed by atoms with Crippen molar-refractivity contribution in [2.24, 2.45) is 0 Å². The zero-order valence-electron chi connectivity index (χ0n) is 18.4. The second-order valence-electron chi connectivity index (χ2n) is 7.37. The first-order chi connectivity index (χ1) is 15.0. The van der Waals surface area contributed by atoms with Crippen molar-refractivity contribution in [1.82, 2.24) is 5.32 Å². The summed E-state index contributed by atoms with van der Waals surface area (Å²) in [6.45, 7) is 7.92. The van der Waals surface area contributed by atoms with Crippen molar-refractivity contribution >= 4 is 45.6 Å². The summed E-state index contributed by atoms with van der Waals surface area (Å²) in [5.41, 5.74) is -0.136. The number of nitrogens with one attached hydrogen (secondary N) is 2. The zero-order chi connectivity index (χ0) is 24.3. The van der Waals surface area contributed by atoms with Gasteiger partial charge in [0.2, 0.25) is 5.78 Å². The van der Waals surface area contributed by atoms with Gasteiger partial charge in [-0.15, -0.1) is 6.58 Å². The van der Waals surface area contributed by atoms with Crippen LogP contribution in [0.4, 0.5) is 15.3 Å². The highest BCUT2D eigenvalue weighted by atomic mass is 79.9. The number of methoxy groups -OCH3 is 1. The quantitative estimate of drug-likeness (QED) is 0.159. The van der Waals surface area contributed by atoms with E-state index >= 15 is 0 Å². The van der Waals surface area contributed by atoms with Gasteiger partial charge in [-0.05, 0) is 54.9 Å². The molecule has 1 atom stereocenters. The average Bonchev–Trinajstić information content (AvgIpc) is 2.69. The molecule has 0 saturated heterocycles. The Bertz CT molecular complexity index is 851. The highest BCUT2D eigenvalue weighted by molar-refractivity contribution is 9.10. The summed E-state index contributed by atoms with van der Waals surface area (Å²) < 4.78 is 20.3. The second-order valence-corrected chi connectivity index (χ2v) is 8.22. The van der Waals surface area contributed by atoms with Crippen LogP contribution < -0.4 is 10.6 Å². The summed E-state index contributed by atoms with van der Waals surface area (Å²) in [6.07, 6.45) is -0.00754. The van der Waals surface area contributed by atoms with E-state index in [0.717, 1.165) is 0 Å². The van der Waals surface area contributed by atoms with Crippen molar-refractivity contribution in [3.05, 3.63) is 40.9 Å². The van der Waals surface area contributed by atoms with Crippen LogP contribution in [0.1, 0.15) is 31.1 Å². The van der Waals surface area contributed by atoms with Gasteiger partial charge in [-0.25, -0.2) is 14.4 Å². The van der Waals surface area contributed by atoms with Crippen molar-refractivity contribution in [1.29, 1.82) is 0 Å². The molecule has 0 bridgehead atoms. The first kappa shape index (κ1) is 27.1. The van der Waals surface area contributed by atoms with Crippen LogP contribution in [-0.2, 0) is 23.7 Å². The molecule has 1 rings (SSSR count). The molecule has 176 valence electrons. The summed E-state index contributed by atoms with van der Waals surface area (Å²) in [6, 6.07) is 3.26. The van der Waals surface area contributed by atoms with Gasteiger partial charge in [-0.2, -0.15) is 0 Å². The molecular weight excluding hydrogens is 488 g/mol. The lowest BCUT2D eigenvalue weighted by Crippen LogP contribution is -2.47. The van der Waals surface area contributed by atoms with E-state index in [-0.39, 0.29) is 18.8 Å². The maximum atomic E-state index is 12.5. The highest BCUT2D eigenvalue weighted by Gasteiger charge is 2.26. The van der Waals surface area contributed by atoms with Crippen molar-refractivity contribution < 1.29 is 38.1 Å². The zero-order valence-corrected chi connectivity index (χ0v) is 19.9. The largest absolute Gasteiger partial charge is 0.456 e. The molecule has 0 aliphatic carbocycles. The third-order valence-corrected chi connectivity index (χ3v) is 4.20. The maximum Gasteiger partial charge on any atom is 0.411 e. The topological polar surface area (TPSA) is 129 Å². The molecule has 0 saturated carbocycles. The Kier molecular flexibility index (Phi) is 10.9. The van der Waals surface area contributed by atoms with Crippen molar-refractivity contribution in [2.75, 3.05) is 32.2 Å². The number of hydrogen-bond acceptors (Lipinski definition) is 8. The molecule has 0 unspecified atom stereocenters. The Morgan fingerprint density at radius 3 is 2.44 bits per heavy atom. The second kappa shape index (κ2) is 12.8. The monoisotopic (exact) mass is 514 g/mol. The summed E-state index contributed by atoms with van der Waals surface area (Å²) in [5.74, 6) is -1.37. The Labute approximate surface area is 194 Å². The first-order valence-electron chi connectivity index (χ1n) is 9.49. The molecule has 0 aromatic heterocycles. The molecule has 0 spiro atoms. The Morgan fingerprint density at radius 2 is 1.88 bits per heavy atom. The van der Waals surface area contributed by atoms with Gasteiger partial charge in [0.05, 0.1) is 20.3 Å². The van der Waals surface area contributed by atoms with Gasteiger partial charge < -0.3 is 24.3 Å². The molecule has 0 aliphatic heterocycles. The Morgan fingerprint density at radius 1 is 1.19 bits per heavy atom. The van der Waals surface area contributed by atoms with Gasteiger partial charge in [0, 0.05) is 15.7 Å². The van der Waals surface area contributed by atoms with Crippen LogP contribution in [0.3, 0.4) is 0 Å². The predicted octanol–water partition coefficient (Wildman–Crippen LogP) is 3.45. The fraction of sp³-hybridized carbons (Fsp3) is 0.429. The van der Waals surface area contributed by atoms with Gasteiger partial charge >= 0.3 is 18.2 Å². The van der Waals surface area contributed by atoms with Gasteiger partial charge in [0.15, 0.2) is 12.6 Å². The number of carbonyl (C=O) groups excluding carboxylic acids is 4. The summed E-state index contributed by atoms with van der Waals surface area (Å²) in [5, 5.41) is 4.83. The number of Topliss-reactive ketones (excluding diaryl/α,β-unsaturated/α-hetero) is 1. The number of anilines is 1. The number of esters is 1. The number of alkyl carbamates (subject to hydrolysis) is 1. The van der Waals surface area contributed by atoms with E-state index in [1.807, 2.05) is 0 Å². The normalized spacial score (nSPS) is 11.7. The number of amides is 2. The number of benzene rings is 1. The molecule has 0 radical (unpaired) electrons. The van der Waals surface area contributed by atoms with E-state index in [4.69, 9.17) is 14.2 Å². The standard InChI is InChI=1S/C21H27BrN2O8/c1-6-9-30-11-16(24-20(28)32-21(2,3)4)18(26)31-12-17(25)14-8-7-13(10-15(14)22)23-19(27)29-5/h6-8,10,16H,1,9,11-12H2,2-5H3,(H,23,27)(H,24,28)/t16-/m0/s1. The van der Waals surface area contributed by atoms with Crippen LogP contribution in [0.2, 0.25) is 0 Å². The van der Waals surface area contributed by atoms with E-state index in [9.17, 15) is 19.2 Å². The Hall–Kier alpha value is -2.92. The smallest absolute Gasteiger partial charge is 0.411 e. The minimum atomic E-state index is -1.19. The molecule has 0 aliphatic rings. The highest BCUT2D eigenvalue weighted by Crippen LogP contribution is 2.22. The third kappa shape index (κ3) is 9.92. The number of carbonyl (C=O) groups is 4. The SMILES string of the molecule is C=CCOC[C@H](NC(=O)OC(C)(C)C)C(=O)OCC(=O)c1ccc(NC(=O)OC)cc1Br. The molecule has 1 aromatic carbocycles. The molecule has 11 heteroatoms. The lowest BCUT2D eigenvalue weighted by atomic mass is 10.1. The number of halogens is 1. The van der Waals surface area contributed by atoms with Crippen LogP contribution in [0, 0.1) is 0 Å². The van der Waals surface area contributed by atoms with Crippen molar-refractivity contribution in [3.8, 4) is 0 Å². The lowest BCUT2D eigenvalue weighted by molar-refractivity contribution is -0.146. The van der Waals surface area contributed by atoms with Crippen molar-refractivity contribution in [2.45, 2.75) is 32.4 Å². The van der Waals surface area contributed by atoms with Crippen LogP contribution in [-0.4, -0.2) is 62.5 Å². The van der Waals surface area contributed by atoms with Crippen LogP contribution in [0.25, 0.3) is 0 Å². The number of hydrogen-bond donors (Lipinski definition) is 2. The molecular formula is C21H27BrN2O8. The van der Waals surface area contributed by atoms with Crippen LogP contribution >= 0.6 is 15.9 Å². The number of ether oxygens (including phenoxy) is 4. The Balaban J connectivity index is 2.76. The van der Waals surface area contributed by atoms with E-state index in [2.05, 4.69) is 37.9 Å². The number of ketones is 1. The van der Waals surface area contributed by atoms with E-state index in [0.29, 0.717) is 10.2 Å². The predicted molar refractivity (Wildman–Crippen MR) is 120 cm³/mol. The summed E-state index contributed by atoms with van der Waals surface area (Å²) in [4.78, 5) is 48.2. The number of rotatable bonds is 10. The van der Waals surface area contributed by atoms with Gasteiger partial charge in [-0.1, -0.05) is 6.08 Å². The fourth-order valence-electron chi connectivity index (χ4n) is 2.19. The van der Waals surface area contributed by atoms with Gasteiger partial charge in [-0.3, -0.25) is 10.1 Å². The molecule has 1 aromatic rings. The minimum Gasteiger partial charge on any atom is -0.456 e.